The number of nitrogens with one attached hydrogen (secondary N) is 5. The number of carbonyl (C=O) groups excluding carboxylic acids is 3. The first-order valence-corrected chi connectivity index (χ1v) is 16.1. The van der Waals surface area contributed by atoms with Crippen molar-refractivity contribution in [3.05, 3.63) is 120 Å². The second kappa shape index (κ2) is 18.0. The third-order valence-corrected chi connectivity index (χ3v) is 8.04. The topological polar surface area (TPSA) is 213 Å². The highest BCUT2D eigenvalue weighted by Crippen LogP contribution is 2.17. The Labute approximate surface area is 285 Å². The number of hydrogen-bond acceptors (Lipinski definition) is 6. The number of nitrogens with two attached hydrogens (primary N) is 2. The molecule has 4 rings (SSSR count). The minimum absolute atomic E-state index is 0.0557. The van der Waals surface area contributed by atoms with Gasteiger partial charge in [-0.05, 0) is 46.7 Å². The zero-order valence-corrected chi connectivity index (χ0v) is 27.1. The molecule has 0 aromatic heterocycles. The summed E-state index contributed by atoms with van der Waals surface area (Å²) in [4.78, 5) is 53.1. The number of benzene rings is 4. The SMILES string of the molecule is N=C(N)NCCC[C@H](NC(=O)[C@H](Cc1ccc2ccccc2c1)NC(=O)[C@@H](Cc1ccccc1)NC(=O)[C@@H](N)Cc1ccccc1)C(=O)O. The van der Waals surface area contributed by atoms with Crippen LogP contribution in [-0.2, 0) is 38.4 Å². The molecule has 12 nitrogen and oxygen atoms in total. The van der Waals surface area contributed by atoms with Crippen molar-refractivity contribution in [3.8, 4) is 0 Å². The molecule has 0 saturated heterocycles. The van der Waals surface area contributed by atoms with Crippen LogP contribution >= 0.6 is 0 Å². The van der Waals surface area contributed by atoms with E-state index in [1.807, 2.05) is 103 Å². The summed E-state index contributed by atoms with van der Waals surface area (Å²) in [5, 5.41) is 29.8. The molecule has 0 aliphatic heterocycles. The van der Waals surface area contributed by atoms with Crippen molar-refractivity contribution < 1.29 is 24.3 Å². The lowest BCUT2D eigenvalue weighted by Crippen LogP contribution is -2.58. The number of amides is 3. The predicted molar refractivity (Wildman–Crippen MR) is 188 cm³/mol. The molecule has 4 aromatic carbocycles. The lowest BCUT2D eigenvalue weighted by molar-refractivity contribution is -0.142. The van der Waals surface area contributed by atoms with E-state index in [-0.39, 0.29) is 38.2 Å². The third kappa shape index (κ3) is 11.5. The fraction of sp³-hybridized carbons (Fsp3) is 0.270. The van der Waals surface area contributed by atoms with Crippen LogP contribution in [0.15, 0.2) is 103 Å². The van der Waals surface area contributed by atoms with E-state index in [0.29, 0.717) is 6.42 Å². The first kappa shape index (κ1) is 36.1. The van der Waals surface area contributed by atoms with Gasteiger partial charge in [-0.1, -0.05) is 103 Å². The molecule has 0 bridgehead atoms. The Morgan fingerprint density at radius 2 is 1.14 bits per heavy atom. The molecule has 0 heterocycles. The molecule has 4 atom stereocenters. The molecular weight excluding hydrogens is 622 g/mol. The zero-order valence-electron chi connectivity index (χ0n) is 27.1. The van der Waals surface area contributed by atoms with Crippen molar-refractivity contribution >= 4 is 40.4 Å². The van der Waals surface area contributed by atoms with Crippen molar-refractivity contribution in [2.75, 3.05) is 6.54 Å². The number of fused-ring (bicyclic) bond motifs is 1. The first-order valence-electron chi connectivity index (χ1n) is 16.1. The summed E-state index contributed by atoms with van der Waals surface area (Å²) >= 11 is 0. The predicted octanol–water partition coefficient (Wildman–Crippen LogP) is 2.00. The molecule has 10 N–H and O–H groups in total. The van der Waals surface area contributed by atoms with Crippen molar-refractivity contribution in [2.45, 2.75) is 56.3 Å². The van der Waals surface area contributed by atoms with Crippen molar-refractivity contribution in [1.29, 1.82) is 5.41 Å². The Kier molecular flexibility index (Phi) is 13.2. The largest absolute Gasteiger partial charge is 0.480 e. The van der Waals surface area contributed by atoms with Crippen LogP contribution in [0, 0.1) is 5.41 Å². The van der Waals surface area contributed by atoms with Crippen LogP contribution in [0.4, 0.5) is 0 Å². The normalized spacial score (nSPS) is 13.3. The molecule has 0 aliphatic rings. The lowest BCUT2D eigenvalue weighted by Gasteiger charge is -2.26. The fourth-order valence-electron chi connectivity index (χ4n) is 5.44. The van der Waals surface area contributed by atoms with Gasteiger partial charge in [-0.25, -0.2) is 4.79 Å². The Morgan fingerprint density at radius 1 is 0.633 bits per heavy atom. The van der Waals surface area contributed by atoms with Gasteiger partial charge in [-0.3, -0.25) is 19.8 Å². The monoisotopic (exact) mass is 665 g/mol. The van der Waals surface area contributed by atoms with Gasteiger partial charge in [0.2, 0.25) is 17.7 Å². The van der Waals surface area contributed by atoms with E-state index in [1.54, 1.807) is 0 Å². The summed E-state index contributed by atoms with van der Waals surface area (Å²) in [6, 6.07) is 27.4. The Morgan fingerprint density at radius 3 is 1.73 bits per heavy atom. The van der Waals surface area contributed by atoms with Gasteiger partial charge in [0.05, 0.1) is 6.04 Å². The lowest BCUT2D eigenvalue weighted by atomic mass is 9.99. The molecule has 0 unspecified atom stereocenters. The third-order valence-electron chi connectivity index (χ3n) is 8.04. The minimum Gasteiger partial charge on any atom is -0.480 e. The van der Waals surface area contributed by atoms with Crippen LogP contribution in [-0.4, -0.2) is 65.5 Å². The number of carboxylic acids is 1. The van der Waals surface area contributed by atoms with Crippen LogP contribution in [0.25, 0.3) is 10.8 Å². The number of carboxylic acid groups (broad SMARTS) is 1. The van der Waals surface area contributed by atoms with Gasteiger partial charge in [0.25, 0.3) is 0 Å². The highest BCUT2D eigenvalue weighted by atomic mass is 16.4. The number of aliphatic carboxylic acids is 1. The summed E-state index contributed by atoms with van der Waals surface area (Å²) in [5.74, 6) is -3.33. The molecule has 0 aliphatic carbocycles. The quantitative estimate of drug-likeness (QED) is 0.0474. The van der Waals surface area contributed by atoms with Crippen molar-refractivity contribution in [2.24, 2.45) is 11.5 Å². The van der Waals surface area contributed by atoms with E-state index in [0.717, 1.165) is 27.5 Å². The Hall–Kier alpha value is -5.75. The highest BCUT2D eigenvalue weighted by Gasteiger charge is 2.31. The molecule has 4 aromatic rings. The van der Waals surface area contributed by atoms with E-state index in [9.17, 15) is 24.3 Å². The van der Waals surface area contributed by atoms with Gasteiger partial charge in [0, 0.05) is 19.4 Å². The van der Waals surface area contributed by atoms with E-state index in [2.05, 4.69) is 21.3 Å². The van der Waals surface area contributed by atoms with Crippen LogP contribution in [0.2, 0.25) is 0 Å². The van der Waals surface area contributed by atoms with Gasteiger partial charge in [-0.2, -0.15) is 0 Å². The van der Waals surface area contributed by atoms with Gasteiger partial charge < -0.3 is 37.8 Å². The maximum absolute atomic E-state index is 14.0. The number of carbonyl (C=O) groups is 4. The Balaban J connectivity index is 1.56. The highest BCUT2D eigenvalue weighted by molar-refractivity contribution is 5.94. The van der Waals surface area contributed by atoms with E-state index >= 15 is 0 Å². The molecule has 0 radical (unpaired) electrons. The zero-order chi connectivity index (χ0) is 35.2. The average Bonchev–Trinajstić information content (AvgIpc) is 3.09. The van der Waals surface area contributed by atoms with Gasteiger partial charge in [0.1, 0.15) is 18.1 Å². The molecule has 49 heavy (non-hydrogen) atoms. The molecule has 0 spiro atoms. The molecule has 0 saturated carbocycles. The van der Waals surface area contributed by atoms with Crippen LogP contribution in [0.1, 0.15) is 29.5 Å². The summed E-state index contributed by atoms with van der Waals surface area (Å²) in [6.45, 7) is 0.250. The average molecular weight is 666 g/mol. The minimum atomic E-state index is -1.26. The Bertz CT molecular complexity index is 1740. The summed E-state index contributed by atoms with van der Waals surface area (Å²) < 4.78 is 0. The second-order valence-corrected chi connectivity index (χ2v) is 11.9. The van der Waals surface area contributed by atoms with E-state index < -0.39 is 47.9 Å². The molecule has 256 valence electrons. The molecule has 12 heteroatoms. The summed E-state index contributed by atoms with van der Waals surface area (Å²) in [6.07, 6.45) is 0.816. The van der Waals surface area contributed by atoms with E-state index in [1.165, 1.54) is 0 Å². The van der Waals surface area contributed by atoms with Crippen molar-refractivity contribution in [3.63, 3.8) is 0 Å². The molecule has 0 fully saturated rings. The summed E-state index contributed by atoms with van der Waals surface area (Å²) in [5.41, 5.74) is 13.9. The van der Waals surface area contributed by atoms with Crippen LogP contribution in [0.5, 0.6) is 0 Å². The van der Waals surface area contributed by atoms with Crippen LogP contribution < -0.4 is 32.7 Å². The van der Waals surface area contributed by atoms with Gasteiger partial charge in [0.15, 0.2) is 5.96 Å². The van der Waals surface area contributed by atoms with Crippen LogP contribution in [0.3, 0.4) is 0 Å². The van der Waals surface area contributed by atoms with Gasteiger partial charge >= 0.3 is 5.97 Å². The smallest absolute Gasteiger partial charge is 0.326 e. The van der Waals surface area contributed by atoms with E-state index in [4.69, 9.17) is 16.9 Å². The van der Waals surface area contributed by atoms with Crippen molar-refractivity contribution in [1.82, 2.24) is 21.3 Å². The molecular formula is C37H43N7O5. The first-order chi connectivity index (χ1) is 23.6. The van der Waals surface area contributed by atoms with Gasteiger partial charge in [-0.15, -0.1) is 0 Å². The number of guanidine groups is 1. The second-order valence-electron chi connectivity index (χ2n) is 11.9. The number of hydrogen-bond donors (Lipinski definition) is 8. The molecule has 3 amide bonds. The maximum atomic E-state index is 14.0. The standard InChI is InChI=1S/C37H43N7O5/c38-29(21-24-10-3-1-4-11-24)33(45)43-31(22-25-12-5-2-6-13-25)35(47)44-32(23-26-17-18-27-14-7-8-15-28(27)20-26)34(46)42-30(36(48)49)16-9-19-41-37(39)40/h1-8,10-15,17-18,20,29-32H,9,16,19,21-23,38H2,(H,42,46)(H,43,45)(H,44,47)(H,48,49)(H4,39,40,41)/t29-,30-,31+,32-/m0/s1. The number of rotatable bonds is 17. The maximum Gasteiger partial charge on any atom is 0.326 e. The summed E-state index contributed by atoms with van der Waals surface area (Å²) in [7, 11) is 0. The fourth-order valence-corrected chi connectivity index (χ4v) is 5.44.